The molecule has 0 saturated carbocycles. The van der Waals surface area contributed by atoms with Crippen molar-refractivity contribution >= 4 is 5.91 Å². The molecule has 0 bridgehead atoms. The van der Waals surface area contributed by atoms with Gasteiger partial charge in [0.1, 0.15) is 0 Å². The number of nitrogens with one attached hydrogen (secondary N) is 1. The topological polar surface area (TPSA) is 52.6 Å². The molecule has 2 aliphatic rings. The molecule has 4 nitrogen and oxygen atoms in total. The van der Waals surface area contributed by atoms with Crippen LogP contribution in [0, 0.1) is 11.8 Å². The number of aliphatic hydroxyl groups excluding tert-OH is 1. The standard InChI is InChI=1S/C11H20N2O2/c1-8-5-12-6-10(8)11(15)13-4-2-3-9(13)7-14/h8-10,12,14H,2-7H2,1H3/t8?,9-,10?/m0/s1. The first kappa shape index (κ1) is 10.9. The van der Waals surface area contributed by atoms with E-state index in [-0.39, 0.29) is 24.5 Å². The molecule has 2 N–H and O–H groups in total. The van der Waals surface area contributed by atoms with Crippen LogP contribution in [0.3, 0.4) is 0 Å². The molecule has 15 heavy (non-hydrogen) atoms. The zero-order chi connectivity index (χ0) is 10.8. The number of nitrogens with zero attached hydrogens (tertiary/aromatic N) is 1. The van der Waals surface area contributed by atoms with Crippen molar-refractivity contribution < 1.29 is 9.90 Å². The number of carbonyl (C=O) groups is 1. The van der Waals surface area contributed by atoms with E-state index in [2.05, 4.69) is 12.2 Å². The molecule has 0 aromatic rings. The summed E-state index contributed by atoms with van der Waals surface area (Å²) in [5.41, 5.74) is 0. The lowest BCUT2D eigenvalue weighted by atomic mass is 9.96. The Morgan fingerprint density at radius 2 is 2.33 bits per heavy atom. The second kappa shape index (κ2) is 4.49. The lowest BCUT2D eigenvalue weighted by Crippen LogP contribution is -2.43. The molecule has 0 spiro atoms. The summed E-state index contributed by atoms with van der Waals surface area (Å²) in [6.07, 6.45) is 1.99. The Labute approximate surface area is 90.6 Å². The summed E-state index contributed by atoms with van der Waals surface area (Å²) in [7, 11) is 0. The molecular weight excluding hydrogens is 192 g/mol. The predicted molar refractivity (Wildman–Crippen MR) is 57.3 cm³/mol. The van der Waals surface area contributed by atoms with Crippen LogP contribution in [-0.4, -0.2) is 48.2 Å². The third kappa shape index (κ3) is 2.01. The minimum absolute atomic E-state index is 0.0744. The van der Waals surface area contributed by atoms with Crippen LogP contribution in [0.1, 0.15) is 19.8 Å². The highest BCUT2D eigenvalue weighted by Gasteiger charge is 2.37. The molecule has 1 amide bonds. The molecule has 2 unspecified atom stereocenters. The SMILES string of the molecule is CC1CNCC1C(=O)N1CCC[C@H]1CO. The van der Waals surface area contributed by atoms with E-state index in [9.17, 15) is 9.90 Å². The number of carbonyl (C=O) groups excluding carboxylic acids is 1. The van der Waals surface area contributed by atoms with Gasteiger partial charge in [0.25, 0.3) is 0 Å². The van der Waals surface area contributed by atoms with Gasteiger partial charge in [0.05, 0.1) is 18.6 Å². The first-order valence-corrected chi connectivity index (χ1v) is 5.86. The molecule has 2 saturated heterocycles. The molecule has 0 aromatic carbocycles. The van der Waals surface area contributed by atoms with Crippen molar-refractivity contribution in [2.45, 2.75) is 25.8 Å². The van der Waals surface area contributed by atoms with Gasteiger partial charge in [-0.3, -0.25) is 4.79 Å². The van der Waals surface area contributed by atoms with Crippen molar-refractivity contribution in [1.82, 2.24) is 10.2 Å². The summed E-state index contributed by atoms with van der Waals surface area (Å²) in [5.74, 6) is 0.790. The summed E-state index contributed by atoms with van der Waals surface area (Å²) in [6, 6.07) is 0.0744. The maximum Gasteiger partial charge on any atom is 0.227 e. The van der Waals surface area contributed by atoms with Crippen LogP contribution in [0.5, 0.6) is 0 Å². The van der Waals surface area contributed by atoms with Gasteiger partial charge in [0.15, 0.2) is 0 Å². The van der Waals surface area contributed by atoms with E-state index in [1.807, 2.05) is 4.90 Å². The molecule has 86 valence electrons. The molecule has 2 rings (SSSR count). The largest absolute Gasteiger partial charge is 0.394 e. The first-order chi connectivity index (χ1) is 7.24. The van der Waals surface area contributed by atoms with Crippen molar-refractivity contribution in [2.75, 3.05) is 26.2 Å². The van der Waals surface area contributed by atoms with Gasteiger partial charge in [-0.1, -0.05) is 6.92 Å². The van der Waals surface area contributed by atoms with Gasteiger partial charge in [0.2, 0.25) is 5.91 Å². The van der Waals surface area contributed by atoms with Crippen LogP contribution in [0.25, 0.3) is 0 Å². The summed E-state index contributed by atoms with van der Waals surface area (Å²) in [5, 5.41) is 12.4. The van der Waals surface area contributed by atoms with E-state index in [1.54, 1.807) is 0 Å². The van der Waals surface area contributed by atoms with Gasteiger partial charge in [0, 0.05) is 13.1 Å². The number of likely N-dealkylation sites (tertiary alicyclic amines) is 1. The molecule has 0 aromatic heterocycles. The highest BCUT2D eigenvalue weighted by atomic mass is 16.3. The third-order valence-corrected chi connectivity index (χ3v) is 3.71. The van der Waals surface area contributed by atoms with Crippen molar-refractivity contribution in [3.63, 3.8) is 0 Å². The monoisotopic (exact) mass is 212 g/mol. The van der Waals surface area contributed by atoms with Gasteiger partial charge in [-0.25, -0.2) is 0 Å². The first-order valence-electron chi connectivity index (χ1n) is 5.86. The maximum atomic E-state index is 12.2. The fourth-order valence-electron chi connectivity index (χ4n) is 2.67. The second-order valence-corrected chi connectivity index (χ2v) is 4.75. The number of rotatable bonds is 2. The normalized spacial score (nSPS) is 36.1. The van der Waals surface area contributed by atoms with E-state index in [0.717, 1.165) is 32.5 Å². The van der Waals surface area contributed by atoms with Gasteiger partial charge in [-0.15, -0.1) is 0 Å². The Morgan fingerprint density at radius 1 is 1.53 bits per heavy atom. The lowest BCUT2D eigenvalue weighted by molar-refractivity contribution is -0.137. The Morgan fingerprint density at radius 3 is 2.93 bits per heavy atom. The average Bonchev–Trinajstić information content (AvgIpc) is 2.84. The van der Waals surface area contributed by atoms with Crippen molar-refractivity contribution in [2.24, 2.45) is 11.8 Å². The van der Waals surface area contributed by atoms with Crippen molar-refractivity contribution in [3.05, 3.63) is 0 Å². The quantitative estimate of drug-likeness (QED) is 0.668. The average molecular weight is 212 g/mol. The van der Waals surface area contributed by atoms with E-state index in [0.29, 0.717) is 5.92 Å². The molecule has 3 atom stereocenters. The van der Waals surface area contributed by atoms with Crippen LogP contribution in [0.15, 0.2) is 0 Å². The number of aliphatic hydroxyl groups is 1. The number of hydrogen-bond acceptors (Lipinski definition) is 3. The van der Waals surface area contributed by atoms with Crippen LogP contribution < -0.4 is 5.32 Å². The predicted octanol–water partition coefficient (Wildman–Crippen LogP) is -0.175. The Kier molecular flexibility index (Phi) is 3.26. The van der Waals surface area contributed by atoms with E-state index >= 15 is 0 Å². The third-order valence-electron chi connectivity index (χ3n) is 3.71. The molecule has 2 heterocycles. The molecule has 0 radical (unpaired) electrons. The van der Waals surface area contributed by atoms with Gasteiger partial charge < -0.3 is 15.3 Å². The molecule has 0 aliphatic carbocycles. The maximum absolute atomic E-state index is 12.2. The van der Waals surface area contributed by atoms with Crippen LogP contribution in [0.4, 0.5) is 0 Å². The van der Waals surface area contributed by atoms with Crippen LogP contribution >= 0.6 is 0 Å². The second-order valence-electron chi connectivity index (χ2n) is 4.75. The number of hydrogen-bond donors (Lipinski definition) is 2. The zero-order valence-corrected chi connectivity index (χ0v) is 9.28. The van der Waals surface area contributed by atoms with E-state index < -0.39 is 0 Å². The Bertz CT molecular complexity index is 245. The summed E-state index contributed by atoms with van der Waals surface area (Å²) < 4.78 is 0. The van der Waals surface area contributed by atoms with Crippen molar-refractivity contribution in [3.8, 4) is 0 Å². The fraction of sp³-hybridized carbons (Fsp3) is 0.909. The minimum atomic E-state index is 0.0744. The molecule has 2 aliphatic heterocycles. The van der Waals surface area contributed by atoms with Gasteiger partial charge >= 0.3 is 0 Å². The Hall–Kier alpha value is -0.610. The van der Waals surface area contributed by atoms with E-state index in [1.165, 1.54) is 0 Å². The summed E-state index contributed by atoms with van der Waals surface area (Å²) in [4.78, 5) is 14.1. The summed E-state index contributed by atoms with van der Waals surface area (Å²) >= 11 is 0. The zero-order valence-electron chi connectivity index (χ0n) is 9.28. The minimum Gasteiger partial charge on any atom is -0.394 e. The highest BCUT2D eigenvalue weighted by Crippen LogP contribution is 2.24. The number of amides is 1. The molecule has 4 heteroatoms. The highest BCUT2D eigenvalue weighted by molar-refractivity contribution is 5.80. The molecular formula is C11H20N2O2. The van der Waals surface area contributed by atoms with E-state index in [4.69, 9.17) is 0 Å². The van der Waals surface area contributed by atoms with Crippen LogP contribution in [-0.2, 0) is 4.79 Å². The van der Waals surface area contributed by atoms with Crippen molar-refractivity contribution in [1.29, 1.82) is 0 Å². The van der Waals surface area contributed by atoms with Gasteiger partial charge in [-0.2, -0.15) is 0 Å². The lowest BCUT2D eigenvalue weighted by Gasteiger charge is -2.27. The fourth-order valence-corrected chi connectivity index (χ4v) is 2.67. The molecule has 2 fully saturated rings. The smallest absolute Gasteiger partial charge is 0.227 e. The Balaban J connectivity index is 2.00. The summed E-state index contributed by atoms with van der Waals surface area (Å²) in [6.45, 7) is 4.79. The van der Waals surface area contributed by atoms with Crippen LogP contribution in [0.2, 0.25) is 0 Å². The van der Waals surface area contributed by atoms with Gasteiger partial charge in [-0.05, 0) is 25.3 Å².